The summed E-state index contributed by atoms with van der Waals surface area (Å²) in [4.78, 5) is 0. The van der Waals surface area contributed by atoms with E-state index in [2.05, 4.69) is 40.4 Å². The van der Waals surface area contributed by atoms with Crippen LogP contribution >= 0.6 is 28.6 Å². The normalized spacial score (nSPS) is 16.1. The highest BCUT2D eigenvalue weighted by molar-refractivity contribution is 9.10. The Hall–Kier alpha value is -0.430. The van der Waals surface area contributed by atoms with Crippen molar-refractivity contribution in [2.24, 2.45) is 0 Å². The Morgan fingerprint density at radius 3 is 2.40 bits per heavy atom. The van der Waals surface area contributed by atoms with E-state index in [1.165, 1.54) is 0 Å². The molecule has 1 nitrogen and oxygen atoms in total. The molecule has 1 rings (SSSR count). The molecule has 0 aliphatic heterocycles. The summed E-state index contributed by atoms with van der Waals surface area (Å²) in [7, 11) is 0. The maximum absolute atomic E-state index is 9.85. The number of benzene rings is 1. The molecule has 1 aromatic rings. The highest BCUT2D eigenvalue weighted by Gasteiger charge is 2.22. The minimum Gasteiger partial charge on any atom is -0.377 e. The highest BCUT2D eigenvalue weighted by Crippen LogP contribution is 2.14. The average molecular weight is 285 g/mol. The third kappa shape index (κ3) is 3.90. The fourth-order valence-corrected chi connectivity index (χ4v) is 1.17. The number of aliphatic hydroxyl groups is 1. The van der Waals surface area contributed by atoms with Crippen LogP contribution in [0.3, 0.4) is 0 Å². The zero-order chi connectivity index (χ0) is 11.5. The van der Waals surface area contributed by atoms with Gasteiger partial charge in [0.1, 0.15) is 5.60 Å². The number of hydrogen-bond donors (Lipinski definition) is 2. The predicted molar refractivity (Wildman–Crippen MR) is 70.1 cm³/mol. The van der Waals surface area contributed by atoms with E-state index in [-0.39, 0.29) is 5.25 Å². The van der Waals surface area contributed by atoms with E-state index < -0.39 is 5.60 Å². The van der Waals surface area contributed by atoms with E-state index in [1.807, 2.05) is 31.2 Å². The Kier molecular flexibility index (Phi) is 4.27. The van der Waals surface area contributed by atoms with Gasteiger partial charge in [0.15, 0.2) is 0 Å². The Morgan fingerprint density at radius 1 is 1.40 bits per heavy atom. The van der Waals surface area contributed by atoms with Crippen molar-refractivity contribution in [3.05, 3.63) is 34.3 Å². The fourth-order valence-electron chi connectivity index (χ4n) is 0.836. The maximum Gasteiger partial charge on any atom is 0.134 e. The molecule has 0 aliphatic rings. The molecular weight excluding hydrogens is 272 g/mol. The lowest BCUT2D eigenvalue weighted by molar-refractivity contribution is 0.124. The third-order valence-electron chi connectivity index (χ3n) is 2.12. The van der Waals surface area contributed by atoms with Crippen LogP contribution in [-0.2, 0) is 0 Å². The summed E-state index contributed by atoms with van der Waals surface area (Å²) >= 11 is 7.53. The lowest BCUT2D eigenvalue weighted by atomic mass is 10.0. The van der Waals surface area contributed by atoms with Crippen LogP contribution in [0.25, 0.3) is 0 Å². The van der Waals surface area contributed by atoms with E-state index in [9.17, 15) is 5.11 Å². The van der Waals surface area contributed by atoms with Crippen LogP contribution in [0, 0.1) is 11.8 Å². The molecule has 0 aliphatic carbocycles. The predicted octanol–water partition coefficient (Wildman–Crippen LogP) is 2.87. The minimum absolute atomic E-state index is 0.180. The summed E-state index contributed by atoms with van der Waals surface area (Å²) in [6.45, 7) is 3.48. The Bertz CT molecular complexity index is 384. The van der Waals surface area contributed by atoms with Crippen LogP contribution in [0.4, 0.5) is 0 Å². The van der Waals surface area contributed by atoms with Gasteiger partial charge in [-0.3, -0.25) is 0 Å². The van der Waals surface area contributed by atoms with E-state index in [1.54, 1.807) is 6.92 Å². The summed E-state index contributed by atoms with van der Waals surface area (Å²) < 4.78 is 1.02. The standard InChI is InChI=1S/C12H13BrOS/c1-9(15)12(2,14)8-7-10-3-5-11(13)6-4-10/h3-6,9,14-15H,1-2H3. The lowest BCUT2D eigenvalue weighted by Crippen LogP contribution is -2.31. The molecule has 2 atom stereocenters. The summed E-state index contributed by atoms with van der Waals surface area (Å²) in [6, 6.07) is 7.64. The second-order valence-corrected chi connectivity index (χ2v) is 5.27. The number of hydrogen-bond acceptors (Lipinski definition) is 2. The molecule has 0 saturated heterocycles. The van der Waals surface area contributed by atoms with Gasteiger partial charge in [0.05, 0.1) is 0 Å². The Morgan fingerprint density at radius 2 is 1.93 bits per heavy atom. The molecule has 0 spiro atoms. The lowest BCUT2D eigenvalue weighted by Gasteiger charge is -2.19. The molecule has 3 heteroatoms. The molecule has 15 heavy (non-hydrogen) atoms. The summed E-state index contributed by atoms with van der Waals surface area (Å²) in [5, 5.41) is 9.67. The minimum atomic E-state index is -1.06. The van der Waals surface area contributed by atoms with Crippen molar-refractivity contribution in [1.82, 2.24) is 0 Å². The van der Waals surface area contributed by atoms with Gasteiger partial charge in [-0.1, -0.05) is 27.8 Å². The van der Waals surface area contributed by atoms with Crippen molar-refractivity contribution in [3.63, 3.8) is 0 Å². The van der Waals surface area contributed by atoms with E-state index in [4.69, 9.17) is 0 Å². The van der Waals surface area contributed by atoms with Crippen molar-refractivity contribution < 1.29 is 5.11 Å². The Balaban J connectivity index is 2.86. The monoisotopic (exact) mass is 284 g/mol. The molecule has 0 saturated carbocycles. The van der Waals surface area contributed by atoms with E-state index in [0.717, 1.165) is 10.0 Å². The molecule has 1 aromatic carbocycles. The molecule has 0 fully saturated rings. The molecular formula is C12H13BrOS. The first-order valence-corrected chi connectivity index (χ1v) is 5.92. The van der Waals surface area contributed by atoms with Gasteiger partial charge in [-0.15, -0.1) is 0 Å². The van der Waals surface area contributed by atoms with Gasteiger partial charge in [0.25, 0.3) is 0 Å². The van der Waals surface area contributed by atoms with Gasteiger partial charge in [-0.2, -0.15) is 12.6 Å². The number of thiol groups is 1. The van der Waals surface area contributed by atoms with Crippen LogP contribution in [0.2, 0.25) is 0 Å². The van der Waals surface area contributed by atoms with Crippen molar-refractivity contribution >= 4 is 28.6 Å². The summed E-state index contributed by atoms with van der Waals surface area (Å²) in [5.41, 5.74) is -0.177. The van der Waals surface area contributed by atoms with Crippen LogP contribution in [0.5, 0.6) is 0 Å². The van der Waals surface area contributed by atoms with Crippen LogP contribution in [-0.4, -0.2) is 16.0 Å². The topological polar surface area (TPSA) is 20.2 Å². The van der Waals surface area contributed by atoms with Crippen LogP contribution < -0.4 is 0 Å². The summed E-state index contributed by atoms with van der Waals surface area (Å²) in [5.74, 6) is 5.73. The first kappa shape index (κ1) is 12.6. The maximum atomic E-state index is 9.85. The molecule has 2 unspecified atom stereocenters. The quantitative estimate of drug-likeness (QED) is 0.600. The second kappa shape index (κ2) is 5.07. The zero-order valence-electron chi connectivity index (χ0n) is 8.66. The van der Waals surface area contributed by atoms with E-state index >= 15 is 0 Å². The van der Waals surface area contributed by atoms with Gasteiger partial charge >= 0.3 is 0 Å². The molecule has 0 bridgehead atoms. The van der Waals surface area contributed by atoms with Crippen LogP contribution in [0.1, 0.15) is 19.4 Å². The number of rotatable bonds is 1. The van der Waals surface area contributed by atoms with Gasteiger partial charge in [0.2, 0.25) is 0 Å². The van der Waals surface area contributed by atoms with E-state index in [0.29, 0.717) is 0 Å². The van der Waals surface area contributed by atoms with Crippen molar-refractivity contribution in [1.29, 1.82) is 0 Å². The molecule has 0 radical (unpaired) electrons. The molecule has 80 valence electrons. The SMILES string of the molecule is CC(S)C(C)(O)C#Cc1ccc(Br)cc1. The highest BCUT2D eigenvalue weighted by atomic mass is 79.9. The second-order valence-electron chi connectivity index (χ2n) is 3.58. The first-order valence-electron chi connectivity index (χ1n) is 4.61. The van der Waals surface area contributed by atoms with Gasteiger partial charge in [0, 0.05) is 15.3 Å². The molecule has 0 aromatic heterocycles. The molecule has 0 heterocycles. The third-order valence-corrected chi connectivity index (χ3v) is 3.15. The van der Waals surface area contributed by atoms with Gasteiger partial charge in [-0.05, 0) is 38.1 Å². The Labute approximate surface area is 104 Å². The first-order chi connectivity index (χ1) is 6.92. The smallest absolute Gasteiger partial charge is 0.134 e. The largest absolute Gasteiger partial charge is 0.377 e. The van der Waals surface area contributed by atoms with Gasteiger partial charge < -0.3 is 5.11 Å². The number of halogens is 1. The van der Waals surface area contributed by atoms with Crippen molar-refractivity contribution in [2.75, 3.05) is 0 Å². The van der Waals surface area contributed by atoms with Crippen LogP contribution in [0.15, 0.2) is 28.7 Å². The van der Waals surface area contributed by atoms with Crippen molar-refractivity contribution in [2.45, 2.75) is 24.7 Å². The summed E-state index contributed by atoms with van der Waals surface area (Å²) in [6.07, 6.45) is 0. The fraction of sp³-hybridized carbons (Fsp3) is 0.333. The molecule has 0 amide bonds. The zero-order valence-corrected chi connectivity index (χ0v) is 11.1. The van der Waals surface area contributed by atoms with Gasteiger partial charge in [-0.25, -0.2) is 0 Å². The molecule has 1 N–H and O–H groups in total. The average Bonchev–Trinajstić information content (AvgIpc) is 2.17. The van der Waals surface area contributed by atoms with Crippen molar-refractivity contribution in [3.8, 4) is 11.8 Å².